The predicted octanol–water partition coefficient (Wildman–Crippen LogP) is -0.464. The molecule has 0 saturated heterocycles. The van der Waals surface area contributed by atoms with Crippen molar-refractivity contribution in [2.24, 2.45) is 5.92 Å². The van der Waals surface area contributed by atoms with Crippen molar-refractivity contribution < 1.29 is 9.90 Å². The third kappa shape index (κ3) is 1.57. The average Bonchev–Trinajstić information content (AvgIpc) is 2.17. The van der Waals surface area contributed by atoms with Crippen LogP contribution in [0.3, 0.4) is 0 Å². The van der Waals surface area contributed by atoms with Crippen LogP contribution in [0.15, 0.2) is 0 Å². The summed E-state index contributed by atoms with van der Waals surface area (Å²) in [7, 11) is 0. The fourth-order valence-corrected chi connectivity index (χ4v) is 0.558. The molecule has 0 radical (unpaired) electrons. The fraction of sp³-hybridized carbons (Fsp3) is 0.800. The summed E-state index contributed by atoms with van der Waals surface area (Å²) in [5.74, 6) is -0.438. The number of rotatable bonds is 2. The molecule has 1 saturated carbocycles. The van der Waals surface area contributed by atoms with E-state index in [1.807, 2.05) is 0 Å². The van der Waals surface area contributed by atoms with Gasteiger partial charge in [-0.3, -0.25) is 0 Å². The second-order valence-electron chi connectivity index (χ2n) is 2.02. The Labute approximate surface area is 42.1 Å². The van der Waals surface area contributed by atoms with E-state index in [4.69, 9.17) is 0 Å². The van der Waals surface area contributed by atoms with E-state index in [0.29, 0.717) is 5.92 Å². The van der Waals surface area contributed by atoms with Gasteiger partial charge < -0.3 is 9.90 Å². The lowest BCUT2D eigenvalue weighted by Gasteiger charge is -1.94. The normalized spacial score (nSPS) is 19.4. The molecular formula is C5H7O2-. The molecule has 7 heavy (non-hydrogen) atoms. The SMILES string of the molecule is O=C([O-])CC1CC1. The lowest BCUT2D eigenvalue weighted by Crippen LogP contribution is -2.22. The van der Waals surface area contributed by atoms with Crippen molar-refractivity contribution in [2.75, 3.05) is 0 Å². The van der Waals surface area contributed by atoms with Gasteiger partial charge in [-0.15, -0.1) is 0 Å². The van der Waals surface area contributed by atoms with Gasteiger partial charge in [-0.2, -0.15) is 0 Å². The van der Waals surface area contributed by atoms with Gasteiger partial charge in [0, 0.05) is 5.97 Å². The zero-order chi connectivity index (χ0) is 5.28. The van der Waals surface area contributed by atoms with E-state index in [2.05, 4.69) is 0 Å². The molecule has 0 atom stereocenters. The van der Waals surface area contributed by atoms with Crippen LogP contribution in [0.25, 0.3) is 0 Å². The molecule has 0 bridgehead atoms. The van der Waals surface area contributed by atoms with Gasteiger partial charge in [0.15, 0.2) is 0 Å². The molecule has 0 spiro atoms. The van der Waals surface area contributed by atoms with Gasteiger partial charge in [0.2, 0.25) is 0 Å². The summed E-state index contributed by atoms with van der Waals surface area (Å²) in [6, 6.07) is 0. The summed E-state index contributed by atoms with van der Waals surface area (Å²) in [6.45, 7) is 0. The van der Waals surface area contributed by atoms with Crippen molar-refractivity contribution in [3.05, 3.63) is 0 Å². The first-order chi connectivity index (χ1) is 3.29. The minimum atomic E-state index is -0.900. The molecule has 1 aliphatic carbocycles. The highest BCUT2D eigenvalue weighted by molar-refractivity contribution is 5.64. The summed E-state index contributed by atoms with van der Waals surface area (Å²) in [4.78, 5) is 9.74. The van der Waals surface area contributed by atoms with Gasteiger partial charge in [0.25, 0.3) is 0 Å². The van der Waals surface area contributed by atoms with Gasteiger partial charge in [-0.1, -0.05) is 0 Å². The first-order valence-electron chi connectivity index (χ1n) is 2.49. The fourth-order valence-electron chi connectivity index (χ4n) is 0.558. The lowest BCUT2D eigenvalue weighted by molar-refractivity contribution is -0.306. The summed E-state index contributed by atoms with van der Waals surface area (Å²) in [5, 5.41) is 9.74. The van der Waals surface area contributed by atoms with Crippen LogP contribution in [-0.2, 0) is 4.79 Å². The first kappa shape index (κ1) is 4.62. The molecule has 0 aromatic carbocycles. The van der Waals surface area contributed by atoms with E-state index < -0.39 is 5.97 Å². The van der Waals surface area contributed by atoms with E-state index in [0.717, 1.165) is 12.8 Å². The first-order valence-corrected chi connectivity index (χ1v) is 2.49. The Hall–Kier alpha value is -0.530. The largest absolute Gasteiger partial charge is 0.550 e. The van der Waals surface area contributed by atoms with E-state index in [1.54, 1.807) is 0 Å². The molecule has 0 N–H and O–H groups in total. The van der Waals surface area contributed by atoms with Crippen LogP contribution in [0, 0.1) is 5.92 Å². The number of carbonyl (C=O) groups excluding carboxylic acids is 1. The van der Waals surface area contributed by atoms with Crippen molar-refractivity contribution in [1.29, 1.82) is 0 Å². The van der Waals surface area contributed by atoms with Gasteiger partial charge in [0.1, 0.15) is 0 Å². The quantitative estimate of drug-likeness (QED) is 0.469. The molecule has 2 nitrogen and oxygen atoms in total. The van der Waals surface area contributed by atoms with Gasteiger partial charge in [0.05, 0.1) is 0 Å². The van der Waals surface area contributed by atoms with Crippen LogP contribution in [0.5, 0.6) is 0 Å². The Morgan fingerprint density at radius 2 is 2.29 bits per heavy atom. The molecule has 0 amide bonds. The van der Waals surface area contributed by atoms with Crippen molar-refractivity contribution in [1.82, 2.24) is 0 Å². The Kier molecular flexibility index (Phi) is 1.01. The van der Waals surface area contributed by atoms with Crippen LogP contribution < -0.4 is 5.11 Å². The molecular weight excluding hydrogens is 92.1 g/mol. The van der Waals surface area contributed by atoms with Crippen LogP contribution in [-0.4, -0.2) is 5.97 Å². The summed E-state index contributed by atoms with van der Waals surface area (Å²) in [6.07, 6.45) is 2.46. The molecule has 0 aromatic rings. The van der Waals surface area contributed by atoms with Crippen LogP contribution in [0.1, 0.15) is 19.3 Å². The summed E-state index contributed by atoms with van der Waals surface area (Å²) in [5.41, 5.74) is 0. The maximum atomic E-state index is 9.74. The Balaban J connectivity index is 2.08. The highest BCUT2D eigenvalue weighted by Crippen LogP contribution is 2.31. The Morgan fingerprint density at radius 3 is 2.43 bits per heavy atom. The number of carboxylic acids is 1. The zero-order valence-corrected chi connectivity index (χ0v) is 4.02. The smallest absolute Gasteiger partial charge is 0.0417 e. The molecule has 0 heterocycles. The highest BCUT2D eigenvalue weighted by atomic mass is 16.4. The monoisotopic (exact) mass is 99.0 g/mol. The van der Waals surface area contributed by atoms with Crippen molar-refractivity contribution in [3.8, 4) is 0 Å². The highest BCUT2D eigenvalue weighted by Gasteiger charge is 2.20. The lowest BCUT2D eigenvalue weighted by atomic mass is 10.3. The van der Waals surface area contributed by atoms with Crippen molar-refractivity contribution in [2.45, 2.75) is 19.3 Å². The molecule has 0 unspecified atom stereocenters. The standard InChI is InChI=1S/C5H8O2/c6-5(7)3-4-1-2-4/h4H,1-3H2,(H,6,7)/p-1. The number of hydrogen-bond acceptors (Lipinski definition) is 2. The summed E-state index contributed by atoms with van der Waals surface area (Å²) < 4.78 is 0. The minimum Gasteiger partial charge on any atom is -0.550 e. The molecule has 0 aliphatic heterocycles. The van der Waals surface area contributed by atoms with E-state index in [9.17, 15) is 9.90 Å². The topological polar surface area (TPSA) is 40.1 Å². The number of aliphatic carboxylic acids is 1. The molecule has 1 aliphatic rings. The predicted molar refractivity (Wildman–Crippen MR) is 22.3 cm³/mol. The molecule has 1 rings (SSSR count). The third-order valence-corrected chi connectivity index (χ3v) is 1.15. The third-order valence-electron chi connectivity index (χ3n) is 1.15. The van der Waals surface area contributed by atoms with Gasteiger partial charge in [-0.25, -0.2) is 0 Å². The number of carboxylic acid groups (broad SMARTS) is 1. The maximum Gasteiger partial charge on any atom is 0.0417 e. The van der Waals surface area contributed by atoms with E-state index >= 15 is 0 Å². The van der Waals surface area contributed by atoms with Gasteiger partial charge in [-0.05, 0) is 25.2 Å². The van der Waals surface area contributed by atoms with Crippen LogP contribution in [0.2, 0.25) is 0 Å². The second kappa shape index (κ2) is 1.52. The van der Waals surface area contributed by atoms with Crippen LogP contribution in [0.4, 0.5) is 0 Å². The molecule has 2 heteroatoms. The molecule has 40 valence electrons. The average molecular weight is 99.1 g/mol. The summed E-state index contributed by atoms with van der Waals surface area (Å²) >= 11 is 0. The van der Waals surface area contributed by atoms with Crippen molar-refractivity contribution in [3.63, 3.8) is 0 Å². The van der Waals surface area contributed by atoms with E-state index in [1.165, 1.54) is 0 Å². The molecule has 1 fully saturated rings. The maximum absolute atomic E-state index is 9.74. The second-order valence-corrected chi connectivity index (χ2v) is 2.02. The van der Waals surface area contributed by atoms with Gasteiger partial charge >= 0.3 is 0 Å². The number of carbonyl (C=O) groups is 1. The molecule has 0 aromatic heterocycles. The van der Waals surface area contributed by atoms with Crippen molar-refractivity contribution >= 4 is 5.97 Å². The zero-order valence-electron chi connectivity index (χ0n) is 4.02. The Morgan fingerprint density at radius 1 is 1.71 bits per heavy atom. The van der Waals surface area contributed by atoms with Crippen LogP contribution >= 0.6 is 0 Å². The van der Waals surface area contributed by atoms with E-state index in [-0.39, 0.29) is 6.42 Å². The minimum absolute atomic E-state index is 0.278. The number of hydrogen-bond donors (Lipinski definition) is 0. The Bertz CT molecular complexity index is 84.1.